The molecular weight excluding hydrogens is 546 g/mol. The maximum Gasteiger partial charge on any atom is 0.416 e. The number of nitrogens with zero attached hydrogens (tertiary/aromatic N) is 1. The van der Waals surface area contributed by atoms with Gasteiger partial charge in [0.1, 0.15) is 5.82 Å². The number of aliphatic carboxylic acids is 1. The number of anilines is 1. The lowest BCUT2D eigenvalue weighted by Crippen LogP contribution is -2.49. The molecule has 0 unspecified atom stereocenters. The van der Waals surface area contributed by atoms with Crippen molar-refractivity contribution in [2.75, 3.05) is 4.31 Å². The first-order chi connectivity index (χ1) is 17.7. The van der Waals surface area contributed by atoms with E-state index in [1.54, 1.807) is 25.1 Å². The highest BCUT2D eigenvalue weighted by atomic mass is 35.5. The van der Waals surface area contributed by atoms with Crippen LogP contribution in [0.25, 0.3) is 11.6 Å². The van der Waals surface area contributed by atoms with Crippen LogP contribution >= 0.6 is 11.6 Å². The van der Waals surface area contributed by atoms with Gasteiger partial charge in [0.25, 0.3) is 10.0 Å². The fourth-order valence-electron chi connectivity index (χ4n) is 4.62. The Kier molecular flexibility index (Phi) is 7.33. The molecule has 5 nitrogen and oxygen atoms in total. The van der Waals surface area contributed by atoms with E-state index in [1.807, 2.05) is 0 Å². The Labute approximate surface area is 222 Å². The molecule has 1 heterocycles. The molecule has 4 rings (SSSR count). The summed E-state index contributed by atoms with van der Waals surface area (Å²) >= 11 is 6.16. The van der Waals surface area contributed by atoms with E-state index in [9.17, 15) is 35.9 Å². The van der Waals surface area contributed by atoms with Crippen molar-refractivity contribution >= 4 is 44.9 Å². The number of hydrogen-bond acceptors (Lipinski definition) is 3. The van der Waals surface area contributed by atoms with E-state index >= 15 is 0 Å². The topological polar surface area (TPSA) is 74.7 Å². The Balaban J connectivity index is 1.87. The lowest BCUT2D eigenvalue weighted by molar-refractivity contribution is -0.142. The van der Waals surface area contributed by atoms with Crippen LogP contribution in [0.15, 0.2) is 65.6 Å². The first-order valence-electron chi connectivity index (χ1n) is 11.4. The number of sulfonamides is 1. The number of rotatable bonds is 5. The van der Waals surface area contributed by atoms with Crippen LogP contribution in [0.4, 0.5) is 23.2 Å². The number of carboxylic acids is 1. The molecule has 1 N–H and O–H groups in total. The van der Waals surface area contributed by atoms with Gasteiger partial charge in [0.15, 0.2) is 0 Å². The van der Waals surface area contributed by atoms with Crippen LogP contribution < -0.4 is 4.31 Å². The first-order valence-corrected chi connectivity index (χ1v) is 13.2. The zero-order valence-corrected chi connectivity index (χ0v) is 21.7. The number of fused-ring (bicyclic) bond motifs is 1. The maximum atomic E-state index is 14.4. The number of halogens is 5. The Morgan fingerprint density at radius 2 is 1.79 bits per heavy atom. The molecule has 3 aromatic rings. The Bertz CT molecular complexity index is 1530. The van der Waals surface area contributed by atoms with Crippen LogP contribution in [-0.2, 0) is 27.4 Å². The van der Waals surface area contributed by atoms with Gasteiger partial charge < -0.3 is 5.11 Å². The molecule has 0 amide bonds. The predicted molar refractivity (Wildman–Crippen MR) is 137 cm³/mol. The third kappa shape index (κ3) is 5.15. The fraction of sp³-hybridized carbons (Fsp3) is 0.222. The quantitative estimate of drug-likeness (QED) is 0.269. The molecule has 3 aromatic carbocycles. The van der Waals surface area contributed by atoms with Crippen LogP contribution in [0, 0.1) is 11.7 Å². The van der Waals surface area contributed by atoms with Gasteiger partial charge in [0.05, 0.1) is 33.1 Å². The highest BCUT2D eigenvalue weighted by Gasteiger charge is 2.42. The lowest BCUT2D eigenvalue weighted by atomic mass is 9.87. The molecule has 0 radical (unpaired) electrons. The lowest BCUT2D eigenvalue weighted by Gasteiger charge is -2.39. The average molecular weight is 568 g/mol. The van der Waals surface area contributed by atoms with Crippen LogP contribution in [0.3, 0.4) is 0 Å². The summed E-state index contributed by atoms with van der Waals surface area (Å²) in [7, 11) is -4.62. The molecule has 1 aliphatic heterocycles. The van der Waals surface area contributed by atoms with E-state index in [-0.39, 0.29) is 22.7 Å². The molecule has 38 heavy (non-hydrogen) atoms. The van der Waals surface area contributed by atoms with Crippen molar-refractivity contribution in [3.05, 3.63) is 93.8 Å². The Morgan fingerprint density at radius 1 is 1.11 bits per heavy atom. The van der Waals surface area contributed by atoms with Crippen molar-refractivity contribution in [3.63, 3.8) is 0 Å². The summed E-state index contributed by atoms with van der Waals surface area (Å²) in [4.78, 5) is 11.4. The van der Waals surface area contributed by atoms with Crippen molar-refractivity contribution < 1.29 is 35.9 Å². The van der Waals surface area contributed by atoms with Crippen LogP contribution in [0.5, 0.6) is 0 Å². The van der Waals surface area contributed by atoms with E-state index in [1.165, 1.54) is 31.2 Å². The van der Waals surface area contributed by atoms with Crippen LogP contribution in [0.1, 0.15) is 36.1 Å². The van der Waals surface area contributed by atoms with Gasteiger partial charge in [-0.15, -0.1) is 0 Å². The predicted octanol–water partition coefficient (Wildman–Crippen LogP) is 6.90. The van der Waals surface area contributed by atoms with E-state index in [4.69, 9.17) is 11.6 Å². The molecule has 1 aliphatic rings. The summed E-state index contributed by atoms with van der Waals surface area (Å²) in [5.41, 5.74) is 0.462. The SMILES string of the molecule is C/C(=C\c1ccc2c(c1)N(S(=O)(=O)c1cccc(C(F)(F)F)c1)[C@H](C)[C@H](C(=O)O)C2)c1c(F)cccc1Cl. The molecule has 0 saturated carbocycles. The van der Waals surface area contributed by atoms with E-state index in [2.05, 4.69) is 0 Å². The Morgan fingerprint density at radius 3 is 2.42 bits per heavy atom. The highest BCUT2D eigenvalue weighted by molar-refractivity contribution is 7.92. The van der Waals surface area contributed by atoms with E-state index < -0.39 is 50.4 Å². The smallest absolute Gasteiger partial charge is 0.416 e. The summed E-state index contributed by atoms with van der Waals surface area (Å²) in [5, 5.41) is 9.95. The minimum Gasteiger partial charge on any atom is -0.481 e. The molecule has 2 atom stereocenters. The van der Waals surface area contributed by atoms with E-state index in [0.717, 1.165) is 22.5 Å². The van der Waals surface area contributed by atoms with Crippen LogP contribution in [0.2, 0.25) is 5.02 Å². The van der Waals surface area contributed by atoms with Crippen molar-refractivity contribution in [1.29, 1.82) is 0 Å². The standard InChI is InChI=1S/C27H22ClF4NO4S/c1-15(25-22(28)7-4-8-23(25)29)11-17-9-10-18-13-21(26(34)35)16(2)33(24(18)12-17)38(36,37)20-6-3-5-19(14-20)27(30,31)32/h3-12,14,16,21H,13H2,1-2H3,(H,34,35)/b15-11+/t16-,21-/m1/s1. The van der Waals surface area contributed by atoms with Gasteiger partial charge in [-0.25, -0.2) is 12.8 Å². The number of carboxylic acid groups (broad SMARTS) is 1. The van der Waals surface area contributed by atoms with Crippen molar-refractivity contribution in [2.45, 2.75) is 37.4 Å². The van der Waals surface area contributed by atoms with Gasteiger partial charge in [0, 0.05) is 5.56 Å². The van der Waals surface area contributed by atoms with Crippen molar-refractivity contribution in [2.24, 2.45) is 5.92 Å². The number of hydrogen-bond donors (Lipinski definition) is 1. The minimum absolute atomic E-state index is 0.0164. The largest absolute Gasteiger partial charge is 0.481 e. The third-order valence-electron chi connectivity index (χ3n) is 6.51. The summed E-state index contributed by atoms with van der Waals surface area (Å²) in [5.74, 6) is -2.92. The molecule has 11 heteroatoms. The monoisotopic (exact) mass is 567 g/mol. The summed E-state index contributed by atoms with van der Waals surface area (Å²) in [6.45, 7) is 3.03. The molecule has 0 fully saturated rings. The molecule has 0 spiro atoms. The van der Waals surface area contributed by atoms with Gasteiger partial charge in [0.2, 0.25) is 0 Å². The number of benzene rings is 3. The minimum atomic E-state index is -4.77. The third-order valence-corrected chi connectivity index (χ3v) is 8.73. The Hall–Kier alpha value is -3.37. The molecule has 0 bridgehead atoms. The second-order valence-corrected chi connectivity index (χ2v) is 11.3. The van der Waals surface area contributed by atoms with Crippen LogP contribution in [-0.4, -0.2) is 25.5 Å². The first kappa shape index (κ1) is 27.7. The van der Waals surface area contributed by atoms with Gasteiger partial charge >= 0.3 is 12.1 Å². The zero-order chi connectivity index (χ0) is 28.0. The van der Waals surface area contributed by atoms with Gasteiger partial charge in [-0.3, -0.25) is 9.10 Å². The average Bonchev–Trinajstić information content (AvgIpc) is 2.82. The summed E-state index contributed by atoms with van der Waals surface area (Å²) in [6, 6.07) is 11.1. The number of carbonyl (C=O) groups is 1. The van der Waals surface area contributed by atoms with Gasteiger partial charge in [-0.05, 0) is 73.4 Å². The molecule has 0 aliphatic carbocycles. The second-order valence-electron chi connectivity index (χ2n) is 9.03. The van der Waals surface area contributed by atoms with Crippen molar-refractivity contribution in [3.8, 4) is 0 Å². The molecule has 0 aromatic heterocycles. The number of allylic oxidation sites excluding steroid dienone is 1. The summed E-state index contributed by atoms with van der Waals surface area (Å²) < 4.78 is 82.7. The van der Waals surface area contributed by atoms with Gasteiger partial charge in [-0.1, -0.05) is 41.9 Å². The highest BCUT2D eigenvalue weighted by Crippen LogP contribution is 2.40. The van der Waals surface area contributed by atoms with Crippen molar-refractivity contribution in [1.82, 2.24) is 0 Å². The molecular formula is C27H22ClF4NO4S. The maximum absolute atomic E-state index is 14.4. The summed E-state index contributed by atoms with van der Waals surface area (Å²) in [6.07, 6.45) is -3.17. The molecule has 200 valence electrons. The normalized spacial score (nSPS) is 18.3. The van der Waals surface area contributed by atoms with E-state index in [0.29, 0.717) is 22.8 Å². The van der Waals surface area contributed by atoms with Gasteiger partial charge in [-0.2, -0.15) is 13.2 Å². The second kappa shape index (κ2) is 10.1. The fourth-order valence-corrected chi connectivity index (χ4v) is 6.70. The zero-order valence-electron chi connectivity index (χ0n) is 20.1. The number of alkyl halides is 3. The molecule has 0 saturated heterocycles.